The summed E-state index contributed by atoms with van der Waals surface area (Å²) < 4.78 is 4.79. The SMILES string of the molecule is CCCCCCCC/C=C/CCCCCCCC(=O)OC=C(C)C(=O)O. The van der Waals surface area contributed by atoms with Gasteiger partial charge in [-0.3, -0.25) is 4.79 Å². The molecule has 0 aromatic carbocycles. The summed E-state index contributed by atoms with van der Waals surface area (Å²) in [6.45, 7) is 3.65. The maximum atomic E-state index is 11.4. The second-order valence-corrected chi connectivity index (χ2v) is 6.93. The van der Waals surface area contributed by atoms with Crippen molar-refractivity contribution in [2.24, 2.45) is 0 Å². The van der Waals surface area contributed by atoms with Gasteiger partial charge >= 0.3 is 11.9 Å². The van der Waals surface area contributed by atoms with Crippen LogP contribution >= 0.6 is 0 Å². The first-order valence-electron chi connectivity index (χ1n) is 10.3. The summed E-state index contributed by atoms with van der Waals surface area (Å²) in [7, 11) is 0. The predicted octanol–water partition coefficient (Wildman–Crippen LogP) is 6.56. The van der Waals surface area contributed by atoms with Crippen LogP contribution in [0.5, 0.6) is 0 Å². The second-order valence-electron chi connectivity index (χ2n) is 6.93. The molecule has 0 heterocycles. The molecule has 0 aliphatic heterocycles. The summed E-state index contributed by atoms with van der Waals surface area (Å²) >= 11 is 0. The molecule has 0 aliphatic rings. The van der Waals surface area contributed by atoms with Crippen LogP contribution in [0.3, 0.4) is 0 Å². The zero-order valence-corrected chi connectivity index (χ0v) is 16.8. The fraction of sp³-hybridized carbons (Fsp3) is 0.727. The van der Waals surface area contributed by atoms with Crippen LogP contribution < -0.4 is 0 Å². The molecule has 0 aromatic rings. The number of aliphatic carboxylic acids is 1. The molecule has 4 heteroatoms. The molecule has 0 aliphatic carbocycles. The Kier molecular flexibility index (Phi) is 17.1. The van der Waals surface area contributed by atoms with E-state index in [1.54, 1.807) is 0 Å². The third kappa shape index (κ3) is 17.2. The van der Waals surface area contributed by atoms with Gasteiger partial charge in [0.1, 0.15) is 6.26 Å². The van der Waals surface area contributed by atoms with Gasteiger partial charge in [0.2, 0.25) is 0 Å². The van der Waals surface area contributed by atoms with Crippen molar-refractivity contribution in [1.29, 1.82) is 0 Å². The van der Waals surface area contributed by atoms with E-state index < -0.39 is 5.97 Å². The number of carboxylic acid groups (broad SMARTS) is 1. The first-order valence-corrected chi connectivity index (χ1v) is 10.3. The first-order chi connectivity index (χ1) is 12.6. The van der Waals surface area contributed by atoms with Crippen LogP contribution in [0, 0.1) is 0 Å². The van der Waals surface area contributed by atoms with Crippen molar-refractivity contribution in [3.8, 4) is 0 Å². The molecule has 26 heavy (non-hydrogen) atoms. The highest BCUT2D eigenvalue weighted by molar-refractivity contribution is 5.85. The van der Waals surface area contributed by atoms with Crippen molar-refractivity contribution in [2.45, 2.75) is 104 Å². The molecule has 0 radical (unpaired) electrons. The Morgan fingerprint density at radius 1 is 0.808 bits per heavy atom. The average molecular weight is 367 g/mol. The summed E-state index contributed by atoms with van der Waals surface area (Å²) in [5.74, 6) is -1.43. The molecule has 1 N–H and O–H groups in total. The zero-order valence-electron chi connectivity index (χ0n) is 16.8. The molecular weight excluding hydrogens is 328 g/mol. The lowest BCUT2D eigenvalue weighted by Crippen LogP contribution is -2.02. The van der Waals surface area contributed by atoms with Crippen LogP contribution in [0.4, 0.5) is 0 Å². The van der Waals surface area contributed by atoms with E-state index in [4.69, 9.17) is 9.84 Å². The van der Waals surface area contributed by atoms with Gasteiger partial charge in [-0.05, 0) is 39.0 Å². The molecule has 0 saturated carbocycles. The second kappa shape index (κ2) is 18.2. The van der Waals surface area contributed by atoms with E-state index in [0.29, 0.717) is 6.42 Å². The molecule has 0 rings (SSSR count). The highest BCUT2D eigenvalue weighted by Gasteiger charge is 2.04. The van der Waals surface area contributed by atoms with E-state index in [9.17, 15) is 9.59 Å². The van der Waals surface area contributed by atoms with Crippen molar-refractivity contribution in [2.75, 3.05) is 0 Å². The number of carbonyl (C=O) groups is 2. The zero-order chi connectivity index (χ0) is 19.5. The van der Waals surface area contributed by atoms with E-state index in [-0.39, 0.29) is 11.5 Å². The number of rotatable bonds is 17. The maximum Gasteiger partial charge on any atom is 0.334 e. The van der Waals surface area contributed by atoms with Gasteiger partial charge in [-0.1, -0.05) is 70.4 Å². The Hall–Kier alpha value is -1.58. The lowest BCUT2D eigenvalue weighted by molar-refractivity contribution is -0.138. The minimum Gasteiger partial charge on any atom is -0.478 e. The molecule has 0 aromatic heterocycles. The molecule has 0 amide bonds. The molecule has 0 spiro atoms. The summed E-state index contributed by atoms with van der Waals surface area (Å²) in [5.41, 5.74) is 0.0305. The topological polar surface area (TPSA) is 63.6 Å². The van der Waals surface area contributed by atoms with E-state index >= 15 is 0 Å². The Morgan fingerprint density at radius 3 is 1.85 bits per heavy atom. The summed E-state index contributed by atoms with van der Waals surface area (Å²) in [6.07, 6.45) is 21.8. The summed E-state index contributed by atoms with van der Waals surface area (Å²) in [4.78, 5) is 22.0. The van der Waals surface area contributed by atoms with Gasteiger partial charge in [-0.2, -0.15) is 0 Å². The lowest BCUT2D eigenvalue weighted by atomic mass is 10.1. The smallest absolute Gasteiger partial charge is 0.334 e. The number of hydrogen-bond donors (Lipinski definition) is 1. The van der Waals surface area contributed by atoms with Gasteiger partial charge in [0.25, 0.3) is 0 Å². The lowest BCUT2D eigenvalue weighted by Gasteiger charge is -2.01. The van der Waals surface area contributed by atoms with Gasteiger partial charge in [0.05, 0.1) is 5.57 Å². The molecule has 0 atom stereocenters. The Balaban J connectivity index is 3.35. The number of carbonyl (C=O) groups excluding carboxylic acids is 1. The summed E-state index contributed by atoms with van der Waals surface area (Å²) in [5, 5.41) is 8.65. The van der Waals surface area contributed by atoms with Gasteiger partial charge in [0.15, 0.2) is 0 Å². The normalized spacial score (nSPS) is 11.8. The van der Waals surface area contributed by atoms with Gasteiger partial charge in [0, 0.05) is 6.42 Å². The monoisotopic (exact) mass is 366 g/mol. The van der Waals surface area contributed by atoms with Crippen molar-refractivity contribution in [3.63, 3.8) is 0 Å². The van der Waals surface area contributed by atoms with Gasteiger partial charge < -0.3 is 9.84 Å². The van der Waals surface area contributed by atoms with Crippen LogP contribution in [-0.4, -0.2) is 17.0 Å². The molecular formula is C22H38O4. The van der Waals surface area contributed by atoms with Crippen LogP contribution in [0.15, 0.2) is 24.0 Å². The Labute approximate surface area is 159 Å². The van der Waals surface area contributed by atoms with Crippen molar-refractivity contribution in [3.05, 3.63) is 24.0 Å². The van der Waals surface area contributed by atoms with E-state index in [2.05, 4.69) is 19.1 Å². The molecule has 0 fully saturated rings. The third-order valence-electron chi connectivity index (χ3n) is 4.35. The van der Waals surface area contributed by atoms with Crippen molar-refractivity contribution in [1.82, 2.24) is 0 Å². The number of hydrogen-bond acceptors (Lipinski definition) is 3. The largest absolute Gasteiger partial charge is 0.478 e. The predicted molar refractivity (Wildman–Crippen MR) is 107 cm³/mol. The quantitative estimate of drug-likeness (QED) is 0.104. The highest BCUT2D eigenvalue weighted by atomic mass is 16.5. The van der Waals surface area contributed by atoms with Crippen molar-refractivity contribution >= 4 is 11.9 Å². The van der Waals surface area contributed by atoms with Crippen LogP contribution in [0.25, 0.3) is 0 Å². The minimum absolute atomic E-state index is 0.0305. The molecule has 0 bridgehead atoms. The number of carboxylic acids is 1. The summed E-state index contributed by atoms with van der Waals surface area (Å²) in [6, 6.07) is 0. The van der Waals surface area contributed by atoms with Gasteiger partial charge in [-0.15, -0.1) is 0 Å². The third-order valence-corrected chi connectivity index (χ3v) is 4.35. The first kappa shape index (κ1) is 24.4. The van der Waals surface area contributed by atoms with Crippen molar-refractivity contribution < 1.29 is 19.4 Å². The minimum atomic E-state index is -1.07. The Morgan fingerprint density at radius 2 is 1.31 bits per heavy atom. The Bertz CT molecular complexity index is 424. The van der Waals surface area contributed by atoms with Crippen LogP contribution in [0.1, 0.15) is 104 Å². The van der Waals surface area contributed by atoms with Crippen LogP contribution in [-0.2, 0) is 14.3 Å². The van der Waals surface area contributed by atoms with Crippen LogP contribution in [0.2, 0.25) is 0 Å². The fourth-order valence-electron chi connectivity index (χ4n) is 2.60. The van der Waals surface area contributed by atoms with E-state index in [0.717, 1.165) is 31.9 Å². The molecule has 0 unspecified atom stereocenters. The standard InChI is InChI=1S/C22H38O4/c1-3-4-5-6-7-8-9-10-11-12-13-14-15-16-17-18-21(23)26-19-20(2)22(24)25/h10-11,19H,3-9,12-18H2,1-2H3,(H,24,25)/b11-10+,20-19?. The number of unbranched alkanes of at least 4 members (excludes halogenated alkanes) is 11. The maximum absolute atomic E-state index is 11.4. The average Bonchev–Trinajstić information content (AvgIpc) is 2.62. The molecule has 0 saturated heterocycles. The molecule has 4 nitrogen and oxygen atoms in total. The number of esters is 1. The number of ether oxygens (including phenoxy) is 1. The number of allylic oxidation sites excluding steroid dienone is 2. The van der Waals surface area contributed by atoms with E-state index in [1.165, 1.54) is 64.7 Å². The van der Waals surface area contributed by atoms with E-state index in [1.807, 2.05) is 0 Å². The fourth-order valence-corrected chi connectivity index (χ4v) is 2.60. The molecule has 150 valence electrons. The van der Waals surface area contributed by atoms with Gasteiger partial charge in [-0.25, -0.2) is 4.79 Å². The highest BCUT2D eigenvalue weighted by Crippen LogP contribution is 2.10.